The van der Waals surface area contributed by atoms with E-state index < -0.39 is 11.7 Å². The highest BCUT2D eigenvalue weighted by Gasteiger charge is 2.33. The third kappa shape index (κ3) is 9.10. The molecule has 0 aliphatic heterocycles. The van der Waals surface area contributed by atoms with Gasteiger partial charge in [-0.2, -0.15) is 13.2 Å². The Bertz CT molecular complexity index is 528. The molecule has 1 aromatic heterocycles. The van der Waals surface area contributed by atoms with Crippen molar-refractivity contribution >= 4 is 35.8 Å². The lowest BCUT2D eigenvalue weighted by Gasteiger charge is -2.17. The van der Waals surface area contributed by atoms with E-state index in [-0.39, 0.29) is 42.4 Å². The second-order valence-corrected chi connectivity index (χ2v) is 5.09. The Morgan fingerprint density at radius 3 is 2.72 bits per heavy atom. The van der Waals surface area contributed by atoms with E-state index in [2.05, 4.69) is 25.9 Å². The van der Waals surface area contributed by atoms with Crippen molar-refractivity contribution in [1.29, 1.82) is 0 Å². The van der Waals surface area contributed by atoms with E-state index in [1.54, 1.807) is 7.11 Å². The first-order valence-corrected chi connectivity index (χ1v) is 7.68. The standard InChI is InChI=1S/C15H24F3N5O.HI/c1-4-19-14(23-11(2)10-24-3)22-9-8-21-13-12(15(16,17)18)6-5-7-20-13;/h5-7,11H,4,8-10H2,1-3H3,(H,20,21)(H2,19,22,23);1H. The Morgan fingerprint density at radius 1 is 1.40 bits per heavy atom. The highest BCUT2D eigenvalue weighted by molar-refractivity contribution is 14.0. The number of ether oxygens (including phenoxy) is 1. The molecule has 6 nitrogen and oxygen atoms in total. The predicted molar refractivity (Wildman–Crippen MR) is 104 cm³/mol. The summed E-state index contributed by atoms with van der Waals surface area (Å²) >= 11 is 0. The molecule has 3 N–H and O–H groups in total. The van der Waals surface area contributed by atoms with Crippen LogP contribution in [0.3, 0.4) is 0 Å². The van der Waals surface area contributed by atoms with Crippen molar-refractivity contribution in [2.75, 3.05) is 38.7 Å². The second kappa shape index (κ2) is 12.1. The molecule has 25 heavy (non-hydrogen) atoms. The fourth-order valence-electron chi connectivity index (χ4n) is 1.96. The molecule has 1 heterocycles. The van der Waals surface area contributed by atoms with E-state index in [4.69, 9.17) is 4.74 Å². The van der Waals surface area contributed by atoms with Crippen LogP contribution >= 0.6 is 24.0 Å². The van der Waals surface area contributed by atoms with Crippen LogP contribution in [-0.2, 0) is 10.9 Å². The number of aromatic nitrogens is 1. The minimum atomic E-state index is -4.44. The number of anilines is 1. The van der Waals surface area contributed by atoms with Crippen LogP contribution in [-0.4, -0.2) is 50.3 Å². The molecule has 0 bridgehead atoms. The lowest BCUT2D eigenvalue weighted by Crippen LogP contribution is -2.44. The molecule has 0 aliphatic rings. The van der Waals surface area contributed by atoms with Crippen molar-refractivity contribution in [3.8, 4) is 0 Å². The Morgan fingerprint density at radius 2 is 2.12 bits per heavy atom. The Balaban J connectivity index is 0.00000576. The van der Waals surface area contributed by atoms with Gasteiger partial charge >= 0.3 is 6.18 Å². The summed E-state index contributed by atoms with van der Waals surface area (Å²) in [4.78, 5) is 8.05. The Labute approximate surface area is 163 Å². The number of aliphatic imine (C=N–C) groups is 1. The van der Waals surface area contributed by atoms with Gasteiger partial charge < -0.3 is 20.7 Å². The Hall–Kier alpha value is -1.30. The van der Waals surface area contributed by atoms with Crippen LogP contribution in [0.2, 0.25) is 0 Å². The molecule has 0 saturated heterocycles. The topological polar surface area (TPSA) is 70.6 Å². The number of halogens is 4. The van der Waals surface area contributed by atoms with Crippen LogP contribution in [0.15, 0.2) is 23.3 Å². The van der Waals surface area contributed by atoms with Gasteiger partial charge in [0.15, 0.2) is 5.96 Å². The van der Waals surface area contributed by atoms with Gasteiger partial charge in [-0.15, -0.1) is 24.0 Å². The van der Waals surface area contributed by atoms with Crippen molar-refractivity contribution in [2.24, 2.45) is 4.99 Å². The lowest BCUT2D eigenvalue weighted by atomic mass is 10.2. The van der Waals surface area contributed by atoms with Crippen molar-refractivity contribution in [1.82, 2.24) is 15.6 Å². The smallest absolute Gasteiger partial charge is 0.383 e. The number of rotatable bonds is 8. The number of methoxy groups -OCH3 is 1. The monoisotopic (exact) mass is 475 g/mol. The molecule has 0 saturated carbocycles. The third-order valence-electron chi connectivity index (χ3n) is 2.93. The van der Waals surface area contributed by atoms with Crippen molar-refractivity contribution in [2.45, 2.75) is 26.1 Å². The summed E-state index contributed by atoms with van der Waals surface area (Å²) in [5, 5.41) is 8.89. The van der Waals surface area contributed by atoms with Gasteiger partial charge in [-0.25, -0.2) is 4.98 Å². The molecular formula is C15H25F3IN5O. The third-order valence-corrected chi connectivity index (χ3v) is 2.93. The van der Waals surface area contributed by atoms with E-state index in [1.807, 2.05) is 13.8 Å². The van der Waals surface area contributed by atoms with Gasteiger partial charge in [0.1, 0.15) is 5.82 Å². The van der Waals surface area contributed by atoms with Crippen LogP contribution in [0.4, 0.5) is 19.0 Å². The first-order valence-electron chi connectivity index (χ1n) is 7.68. The molecule has 0 amide bonds. The van der Waals surface area contributed by atoms with Gasteiger partial charge in [0.25, 0.3) is 0 Å². The summed E-state index contributed by atoms with van der Waals surface area (Å²) in [6.07, 6.45) is -3.12. The molecule has 0 spiro atoms. The molecule has 0 radical (unpaired) electrons. The first-order chi connectivity index (χ1) is 11.4. The number of guanidine groups is 1. The molecule has 1 aromatic rings. The zero-order valence-electron chi connectivity index (χ0n) is 14.5. The molecule has 10 heteroatoms. The quantitative estimate of drug-likeness (QED) is 0.234. The summed E-state index contributed by atoms with van der Waals surface area (Å²) in [5.41, 5.74) is -0.785. The number of pyridine rings is 1. The van der Waals surface area contributed by atoms with Gasteiger partial charge in [-0.1, -0.05) is 0 Å². The molecular weight excluding hydrogens is 450 g/mol. The average molecular weight is 475 g/mol. The summed E-state index contributed by atoms with van der Waals surface area (Å²) in [5.74, 6) is 0.395. The largest absolute Gasteiger partial charge is 0.419 e. The summed E-state index contributed by atoms with van der Waals surface area (Å²) in [6.45, 7) is 5.60. The number of alkyl halides is 3. The van der Waals surface area contributed by atoms with Crippen LogP contribution in [0.1, 0.15) is 19.4 Å². The van der Waals surface area contributed by atoms with Crippen LogP contribution in [0.25, 0.3) is 0 Å². The van der Waals surface area contributed by atoms with Crippen molar-refractivity contribution in [3.05, 3.63) is 23.9 Å². The van der Waals surface area contributed by atoms with E-state index in [0.29, 0.717) is 25.7 Å². The maximum atomic E-state index is 12.9. The predicted octanol–water partition coefficient (Wildman–Crippen LogP) is 2.72. The first kappa shape index (κ1) is 23.7. The van der Waals surface area contributed by atoms with E-state index in [1.165, 1.54) is 12.3 Å². The average Bonchev–Trinajstić information content (AvgIpc) is 2.51. The molecule has 1 rings (SSSR count). The van der Waals surface area contributed by atoms with Gasteiger partial charge in [-0.3, -0.25) is 4.99 Å². The second-order valence-electron chi connectivity index (χ2n) is 5.09. The van der Waals surface area contributed by atoms with Crippen molar-refractivity contribution < 1.29 is 17.9 Å². The van der Waals surface area contributed by atoms with Gasteiger partial charge in [0, 0.05) is 32.4 Å². The number of hydrogen-bond donors (Lipinski definition) is 3. The molecule has 0 aliphatic carbocycles. The molecule has 0 fully saturated rings. The van der Waals surface area contributed by atoms with Crippen LogP contribution in [0, 0.1) is 0 Å². The highest BCUT2D eigenvalue weighted by atomic mass is 127. The van der Waals surface area contributed by atoms with Gasteiger partial charge in [-0.05, 0) is 26.0 Å². The van der Waals surface area contributed by atoms with Crippen LogP contribution < -0.4 is 16.0 Å². The number of nitrogens with zero attached hydrogens (tertiary/aromatic N) is 2. The lowest BCUT2D eigenvalue weighted by molar-refractivity contribution is -0.137. The van der Waals surface area contributed by atoms with E-state index in [9.17, 15) is 13.2 Å². The van der Waals surface area contributed by atoms with Crippen LogP contribution in [0.5, 0.6) is 0 Å². The molecule has 144 valence electrons. The zero-order valence-corrected chi connectivity index (χ0v) is 16.8. The fraction of sp³-hybridized carbons (Fsp3) is 0.600. The maximum absolute atomic E-state index is 12.9. The minimum Gasteiger partial charge on any atom is -0.383 e. The zero-order chi connectivity index (χ0) is 18.0. The maximum Gasteiger partial charge on any atom is 0.419 e. The summed E-state index contributed by atoms with van der Waals surface area (Å²) < 4.78 is 43.6. The minimum absolute atomic E-state index is 0. The molecule has 0 aromatic carbocycles. The van der Waals surface area contributed by atoms with Crippen molar-refractivity contribution in [3.63, 3.8) is 0 Å². The molecule has 1 atom stereocenters. The van der Waals surface area contributed by atoms with Gasteiger partial charge in [0.05, 0.1) is 18.7 Å². The summed E-state index contributed by atoms with van der Waals surface area (Å²) in [6, 6.07) is 2.32. The molecule has 1 unspecified atom stereocenters. The SMILES string of the molecule is CCNC(=NCCNc1ncccc1C(F)(F)F)NC(C)COC.I. The number of nitrogens with one attached hydrogen (secondary N) is 3. The Kier molecular flexibility index (Phi) is 11.5. The fourth-order valence-corrected chi connectivity index (χ4v) is 1.96. The summed E-state index contributed by atoms with van der Waals surface area (Å²) in [7, 11) is 1.61. The number of hydrogen-bond acceptors (Lipinski definition) is 4. The van der Waals surface area contributed by atoms with Gasteiger partial charge in [0.2, 0.25) is 0 Å². The van der Waals surface area contributed by atoms with E-state index >= 15 is 0 Å². The highest BCUT2D eigenvalue weighted by Crippen LogP contribution is 2.33. The van der Waals surface area contributed by atoms with E-state index in [0.717, 1.165) is 6.07 Å². The normalized spacial score (nSPS) is 13.0.